The maximum atomic E-state index is 11.2. The van der Waals surface area contributed by atoms with Crippen LogP contribution in [0.1, 0.15) is 18.0 Å². The third kappa shape index (κ3) is 2.16. The minimum atomic E-state index is -0.500. The molecule has 1 aromatic rings. The van der Waals surface area contributed by atoms with Crippen molar-refractivity contribution in [2.45, 2.75) is 18.6 Å². The molecule has 80 valence electrons. The van der Waals surface area contributed by atoms with E-state index in [1.807, 2.05) is 30.3 Å². The van der Waals surface area contributed by atoms with Crippen LogP contribution >= 0.6 is 0 Å². The van der Waals surface area contributed by atoms with Crippen molar-refractivity contribution in [1.29, 1.82) is 0 Å². The van der Waals surface area contributed by atoms with Crippen LogP contribution in [-0.4, -0.2) is 19.2 Å². The van der Waals surface area contributed by atoms with E-state index in [-0.39, 0.29) is 12.0 Å². The Morgan fingerprint density at radius 3 is 2.87 bits per heavy atom. The van der Waals surface area contributed by atoms with Gasteiger partial charge in [-0.2, -0.15) is 5.48 Å². The summed E-state index contributed by atoms with van der Waals surface area (Å²) < 4.78 is 4.61. The van der Waals surface area contributed by atoms with Gasteiger partial charge in [0.1, 0.15) is 0 Å². The SMILES string of the molecule is COC(=O)[C@@H]1C[C@@H](c2ccccc2)NO1. The molecule has 1 aromatic carbocycles. The lowest BCUT2D eigenvalue weighted by Crippen LogP contribution is -2.22. The average Bonchev–Trinajstić information content (AvgIpc) is 2.78. The Bertz CT molecular complexity index is 339. The van der Waals surface area contributed by atoms with Crippen LogP contribution in [0.15, 0.2) is 30.3 Å². The smallest absolute Gasteiger partial charge is 0.337 e. The summed E-state index contributed by atoms with van der Waals surface area (Å²) in [5.74, 6) is -0.332. The molecule has 2 rings (SSSR count). The summed E-state index contributed by atoms with van der Waals surface area (Å²) in [5.41, 5.74) is 3.95. The van der Waals surface area contributed by atoms with Gasteiger partial charge in [0.05, 0.1) is 13.2 Å². The van der Waals surface area contributed by atoms with Gasteiger partial charge in [-0.25, -0.2) is 4.79 Å². The number of rotatable bonds is 2. The number of nitrogens with one attached hydrogen (secondary N) is 1. The Morgan fingerprint density at radius 1 is 1.47 bits per heavy atom. The molecule has 0 saturated carbocycles. The van der Waals surface area contributed by atoms with Crippen molar-refractivity contribution >= 4 is 5.97 Å². The zero-order chi connectivity index (χ0) is 10.7. The summed E-state index contributed by atoms with van der Waals surface area (Å²) in [6, 6.07) is 9.94. The van der Waals surface area contributed by atoms with Gasteiger partial charge in [0.25, 0.3) is 0 Å². The topological polar surface area (TPSA) is 47.6 Å². The minimum absolute atomic E-state index is 0.0651. The summed E-state index contributed by atoms with van der Waals surface area (Å²) in [5, 5.41) is 0. The predicted octanol–water partition coefficient (Wildman–Crippen LogP) is 1.19. The Kier molecular flexibility index (Phi) is 2.99. The summed E-state index contributed by atoms with van der Waals surface area (Å²) in [7, 11) is 1.36. The minimum Gasteiger partial charge on any atom is -0.467 e. The number of carbonyl (C=O) groups is 1. The molecule has 15 heavy (non-hydrogen) atoms. The first-order valence-corrected chi connectivity index (χ1v) is 4.85. The lowest BCUT2D eigenvalue weighted by Gasteiger charge is -2.07. The third-order valence-electron chi connectivity index (χ3n) is 2.47. The number of hydrogen-bond donors (Lipinski definition) is 1. The van der Waals surface area contributed by atoms with Crippen LogP contribution in [-0.2, 0) is 14.4 Å². The van der Waals surface area contributed by atoms with Gasteiger partial charge < -0.3 is 4.74 Å². The van der Waals surface area contributed by atoms with Gasteiger partial charge >= 0.3 is 5.97 Å². The highest BCUT2D eigenvalue weighted by Gasteiger charge is 2.32. The van der Waals surface area contributed by atoms with Crippen LogP contribution in [0.3, 0.4) is 0 Å². The normalized spacial score (nSPS) is 25.1. The zero-order valence-electron chi connectivity index (χ0n) is 8.47. The molecular formula is C11H13NO3. The molecule has 0 amide bonds. The summed E-state index contributed by atoms with van der Waals surface area (Å²) >= 11 is 0. The highest BCUT2D eigenvalue weighted by molar-refractivity contribution is 5.74. The van der Waals surface area contributed by atoms with E-state index in [2.05, 4.69) is 10.2 Å². The van der Waals surface area contributed by atoms with Crippen molar-refractivity contribution in [1.82, 2.24) is 5.48 Å². The Hall–Kier alpha value is -1.39. The van der Waals surface area contributed by atoms with E-state index >= 15 is 0 Å². The Labute approximate surface area is 88.1 Å². The number of carbonyl (C=O) groups excluding carboxylic acids is 1. The fourth-order valence-corrected chi connectivity index (χ4v) is 1.64. The number of hydrogen-bond acceptors (Lipinski definition) is 4. The molecule has 1 saturated heterocycles. The van der Waals surface area contributed by atoms with Gasteiger partial charge in [-0.1, -0.05) is 30.3 Å². The van der Waals surface area contributed by atoms with Crippen molar-refractivity contribution in [3.8, 4) is 0 Å². The molecule has 4 nitrogen and oxygen atoms in total. The molecule has 0 radical (unpaired) electrons. The third-order valence-corrected chi connectivity index (χ3v) is 2.47. The highest BCUT2D eigenvalue weighted by Crippen LogP contribution is 2.25. The molecule has 0 spiro atoms. The van der Waals surface area contributed by atoms with Crippen LogP contribution < -0.4 is 5.48 Å². The van der Waals surface area contributed by atoms with E-state index in [1.54, 1.807) is 0 Å². The largest absolute Gasteiger partial charge is 0.467 e. The molecule has 4 heteroatoms. The molecule has 0 unspecified atom stereocenters. The lowest BCUT2D eigenvalue weighted by atomic mass is 10.0. The Balaban J connectivity index is 2.02. The second-order valence-corrected chi connectivity index (χ2v) is 3.45. The number of esters is 1. The monoisotopic (exact) mass is 207 g/mol. The molecular weight excluding hydrogens is 194 g/mol. The molecule has 2 atom stereocenters. The maximum absolute atomic E-state index is 11.2. The summed E-state index contributed by atoms with van der Waals surface area (Å²) in [6.45, 7) is 0. The molecule has 0 aliphatic carbocycles. The Morgan fingerprint density at radius 2 is 2.20 bits per heavy atom. The second kappa shape index (κ2) is 4.42. The van der Waals surface area contributed by atoms with E-state index in [1.165, 1.54) is 7.11 Å². The number of benzene rings is 1. The molecule has 1 aliphatic rings. The number of hydroxylamine groups is 1. The quantitative estimate of drug-likeness (QED) is 0.740. The first kappa shape index (κ1) is 10.1. The predicted molar refractivity (Wildman–Crippen MR) is 53.8 cm³/mol. The molecule has 1 fully saturated rings. The number of methoxy groups -OCH3 is 1. The second-order valence-electron chi connectivity index (χ2n) is 3.45. The van der Waals surface area contributed by atoms with Crippen LogP contribution in [0, 0.1) is 0 Å². The number of ether oxygens (including phenoxy) is 1. The van der Waals surface area contributed by atoms with Gasteiger partial charge in [0.15, 0.2) is 6.10 Å². The fraction of sp³-hybridized carbons (Fsp3) is 0.364. The van der Waals surface area contributed by atoms with Gasteiger partial charge in [0.2, 0.25) is 0 Å². The average molecular weight is 207 g/mol. The maximum Gasteiger partial charge on any atom is 0.337 e. The highest BCUT2D eigenvalue weighted by atomic mass is 16.7. The van der Waals surface area contributed by atoms with E-state index in [0.717, 1.165) is 5.56 Å². The van der Waals surface area contributed by atoms with Crippen molar-refractivity contribution in [3.05, 3.63) is 35.9 Å². The molecule has 1 aliphatic heterocycles. The lowest BCUT2D eigenvalue weighted by molar-refractivity contribution is -0.154. The molecule has 1 heterocycles. The van der Waals surface area contributed by atoms with E-state index in [0.29, 0.717) is 6.42 Å². The van der Waals surface area contributed by atoms with E-state index < -0.39 is 6.10 Å². The van der Waals surface area contributed by atoms with Crippen molar-refractivity contribution < 1.29 is 14.4 Å². The van der Waals surface area contributed by atoms with Gasteiger partial charge in [-0.05, 0) is 5.56 Å². The first-order chi connectivity index (χ1) is 7.31. The van der Waals surface area contributed by atoms with Crippen LogP contribution in [0.5, 0.6) is 0 Å². The summed E-state index contributed by atoms with van der Waals surface area (Å²) in [4.78, 5) is 16.4. The van der Waals surface area contributed by atoms with E-state index in [9.17, 15) is 4.79 Å². The van der Waals surface area contributed by atoms with Crippen molar-refractivity contribution in [2.75, 3.05) is 7.11 Å². The zero-order valence-corrected chi connectivity index (χ0v) is 8.47. The summed E-state index contributed by atoms with van der Waals surface area (Å²) in [6.07, 6.45) is 0.108. The van der Waals surface area contributed by atoms with Crippen LogP contribution in [0.4, 0.5) is 0 Å². The van der Waals surface area contributed by atoms with Crippen LogP contribution in [0.25, 0.3) is 0 Å². The van der Waals surface area contributed by atoms with E-state index in [4.69, 9.17) is 4.84 Å². The van der Waals surface area contributed by atoms with Gasteiger partial charge in [-0.3, -0.25) is 4.84 Å². The van der Waals surface area contributed by atoms with Crippen molar-refractivity contribution in [3.63, 3.8) is 0 Å². The fourth-order valence-electron chi connectivity index (χ4n) is 1.64. The van der Waals surface area contributed by atoms with Crippen LogP contribution in [0.2, 0.25) is 0 Å². The van der Waals surface area contributed by atoms with Gasteiger partial charge in [0, 0.05) is 6.42 Å². The standard InChI is InChI=1S/C11H13NO3/c1-14-11(13)10-7-9(12-15-10)8-5-3-2-4-6-8/h2-6,9-10,12H,7H2,1H3/t9-,10-/m0/s1. The van der Waals surface area contributed by atoms with Crippen molar-refractivity contribution in [2.24, 2.45) is 0 Å². The molecule has 1 N–H and O–H groups in total. The molecule has 0 bridgehead atoms. The molecule has 0 aromatic heterocycles. The first-order valence-electron chi connectivity index (χ1n) is 4.85. The van der Waals surface area contributed by atoms with Gasteiger partial charge in [-0.15, -0.1) is 0 Å².